The SMILES string of the molecule is Cc1nc2n(c(=O)c1CCN1CCC(c3noc4cc(F)ccc34)CC1)CCCC2=NO. The highest BCUT2D eigenvalue weighted by Gasteiger charge is 2.26. The maximum Gasteiger partial charge on any atom is 0.257 e. The summed E-state index contributed by atoms with van der Waals surface area (Å²) in [6, 6.07) is 4.57. The Morgan fingerprint density at radius 1 is 1.28 bits per heavy atom. The van der Waals surface area contributed by atoms with Crippen LogP contribution in [0.5, 0.6) is 0 Å². The van der Waals surface area contributed by atoms with Gasteiger partial charge in [0.1, 0.15) is 11.5 Å². The largest absolute Gasteiger partial charge is 0.411 e. The molecule has 5 rings (SSSR count). The molecular weight excluding hydrogens is 413 g/mol. The zero-order valence-electron chi connectivity index (χ0n) is 18.1. The maximum absolute atomic E-state index is 13.4. The highest BCUT2D eigenvalue weighted by Crippen LogP contribution is 2.32. The number of rotatable bonds is 4. The van der Waals surface area contributed by atoms with Crippen LogP contribution in [0.25, 0.3) is 11.0 Å². The number of fused-ring (bicyclic) bond motifs is 2. The average Bonchev–Trinajstić information content (AvgIpc) is 3.22. The lowest BCUT2D eigenvalue weighted by atomic mass is 9.91. The topological polar surface area (TPSA) is 96.8 Å². The van der Waals surface area contributed by atoms with Crippen molar-refractivity contribution in [1.29, 1.82) is 0 Å². The van der Waals surface area contributed by atoms with E-state index in [1.165, 1.54) is 12.1 Å². The molecule has 1 saturated heterocycles. The lowest BCUT2D eigenvalue weighted by Gasteiger charge is -2.31. The van der Waals surface area contributed by atoms with E-state index in [1.807, 2.05) is 6.92 Å². The lowest BCUT2D eigenvalue weighted by molar-refractivity contribution is 0.211. The fraction of sp³-hybridized carbons (Fsp3) is 0.478. The van der Waals surface area contributed by atoms with E-state index in [0.717, 1.165) is 55.5 Å². The number of piperidine rings is 1. The Bertz CT molecular complexity index is 1240. The van der Waals surface area contributed by atoms with E-state index in [-0.39, 0.29) is 17.3 Å². The quantitative estimate of drug-likeness (QED) is 0.495. The molecule has 4 heterocycles. The summed E-state index contributed by atoms with van der Waals surface area (Å²) in [6.07, 6.45) is 3.92. The van der Waals surface area contributed by atoms with Gasteiger partial charge in [-0.05, 0) is 64.3 Å². The molecule has 1 N–H and O–H groups in total. The average molecular weight is 439 g/mol. The van der Waals surface area contributed by atoms with E-state index >= 15 is 0 Å². The lowest BCUT2D eigenvalue weighted by Crippen LogP contribution is -2.38. The zero-order valence-corrected chi connectivity index (χ0v) is 18.1. The fourth-order valence-corrected chi connectivity index (χ4v) is 4.95. The molecule has 8 nitrogen and oxygen atoms in total. The molecule has 3 aromatic rings. The van der Waals surface area contributed by atoms with E-state index < -0.39 is 0 Å². The molecular formula is C23H26FN5O3. The van der Waals surface area contributed by atoms with Gasteiger partial charge in [-0.1, -0.05) is 10.3 Å². The Balaban J connectivity index is 1.25. The number of halogens is 1. The van der Waals surface area contributed by atoms with Crippen LogP contribution in [0.15, 0.2) is 32.7 Å². The Morgan fingerprint density at radius 3 is 2.88 bits per heavy atom. The van der Waals surface area contributed by atoms with Crippen molar-refractivity contribution in [1.82, 2.24) is 19.6 Å². The number of hydrogen-bond donors (Lipinski definition) is 1. The van der Waals surface area contributed by atoms with Crippen molar-refractivity contribution in [3.63, 3.8) is 0 Å². The highest BCUT2D eigenvalue weighted by atomic mass is 19.1. The molecule has 0 atom stereocenters. The van der Waals surface area contributed by atoms with Crippen LogP contribution in [0.1, 0.15) is 54.4 Å². The first-order valence-electron chi connectivity index (χ1n) is 11.1. The maximum atomic E-state index is 13.4. The monoisotopic (exact) mass is 439 g/mol. The van der Waals surface area contributed by atoms with Crippen molar-refractivity contribution in [3.8, 4) is 0 Å². The number of likely N-dealkylation sites (tertiary alicyclic amines) is 1. The van der Waals surface area contributed by atoms with Crippen molar-refractivity contribution in [2.24, 2.45) is 5.16 Å². The second-order valence-corrected chi connectivity index (χ2v) is 8.68. The summed E-state index contributed by atoms with van der Waals surface area (Å²) in [7, 11) is 0. The Hall–Kier alpha value is -3.07. The van der Waals surface area contributed by atoms with Crippen molar-refractivity contribution in [3.05, 3.63) is 57.1 Å². The van der Waals surface area contributed by atoms with Gasteiger partial charge in [-0.3, -0.25) is 9.36 Å². The van der Waals surface area contributed by atoms with Crippen LogP contribution in [0.3, 0.4) is 0 Å². The van der Waals surface area contributed by atoms with Gasteiger partial charge in [0.2, 0.25) is 0 Å². The van der Waals surface area contributed by atoms with Crippen LogP contribution >= 0.6 is 0 Å². The second kappa shape index (κ2) is 8.46. The molecule has 1 aromatic carbocycles. The molecule has 1 fully saturated rings. The number of aromatic nitrogens is 3. The summed E-state index contributed by atoms with van der Waals surface area (Å²) in [5, 5.41) is 17.7. The molecule has 0 amide bonds. The molecule has 0 spiro atoms. The van der Waals surface area contributed by atoms with Gasteiger partial charge in [-0.15, -0.1) is 0 Å². The first-order valence-corrected chi connectivity index (χ1v) is 11.1. The summed E-state index contributed by atoms with van der Waals surface area (Å²) in [5.74, 6) is 0.454. The fourth-order valence-electron chi connectivity index (χ4n) is 4.95. The van der Waals surface area contributed by atoms with Gasteiger partial charge in [0.15, 0.2) is 11.4 Å². The van der Waals surface area contributed by atoms with Crippen molar-refractivity contribution in [2.45, 2.75) is 51.5 Å². The molecule has 0 radical (unpaired) electrons. The second-order valence-electron chi connectivity index (χ2n) is 8.68. The third-order valence-corrected chi connectivity index (χ3v) is 6.76. The summed E-state index contributed by atoms with van der Waals surface area (Å²) in [4.78, 5) is 20.0. The molecule has 32 heavy (non-hydrogen) atoms. The smallest absolute Gasteiger partial charge is 0.257 e. The van der Waals surface area contributed by atoms with Crippen LogP contribution in [0.2, 0.25) is 0 Å². The first-order chi connectivity index (χ1) is 15.5. The third-order valence-electron chi connectivity index (χ3n) is 6.76. The number of nitrogens with zero attached hydrogens (tertiary/aromatic N) is 5. The number of benzene rings is 1. The predicted molar refractivity (Wildman–Crippen MR) is 117 cm³/mol. The van der Waals surface area contributed by atoms with Gasteiger partial charge in [-0.25, -0.2) is 9.37 Å². The van der Waals surface area contributed by atoms with Crippen molar-refractivity contribution < 1.29 is 14.1 Å². The molecule has 0 bridgehead atoms. The van der Waals surface area contributed by atoms with Gasteiger partial charge in [0.05, 0.1) is 5.69 Å². The normalized spacial score (nSPS) is 19.0. The minimum absolute atomic E-state index is 0.0236. The van der Waals surface area contributed by atoms with Crippen LogP contribution < -0.4 is 5.56 Å². The molecule has 0 saturated carbocycles. The third kappa shape index (κ3) is 3.70. The predicted octanol–water partition coefficient (Wildman–Crippen LogP) is 3.23. The van der Waals surface area contributed by atoms with Crippen LogP contribution in [0.4, 0.5) is 4.39 Å². The standard InChI is InChI=1S/C23H26FN5O3/c1-14-17(23(30)29-9-2-3-19(26-31)22(29)25-14)8-12-28-10-6-15(7-11-28)21-18-5-4-16(24)13-20(18)32-27-21/h4-5,13,15,31H,2-3,6-12H2,1H3. The van der Waals surface area contributed by atoms with Gasteiger partial charge < -0.3 is 14.6 Å². The van der Waals surface area contributed by atoms with Crippen LogP contribution in [0, 0.1) is 12.7 Å². The van der Waals surface area contributed by atoms with E-state index in [2.05, 4.69) is 20.2 Å². The van der Waals surface area contributed by atoms with Gasteiger partial charge in [-0.2, -0.15) is 0 Å². The molecule has 2 aliphatic rings. The van der Waals surface area contributed by atoms with Gasteiger partial charge in [0.25, 0.3) is 5.56 Å². The molecule has 9 heteroatoms. The number of aryl methyl sites for hydroxylation is 1. The summed E-state index contributed by atoms with van der Waals surface area (Å²) in [5.41, 5.74) is 3.31. The van der Waals surface area contributed by atoms with Gasteiger partial charge in [0, 0.05) is 41.7 Å². The highest BCUT2D eigenvalue weighted by molar-refractivity contribution is 5.97. The van der Waals surface area contributed by atoms with Gasteiger partial charge >= 0.3 is 0 Å². The van der Waals surface area contributed by atoms with Crippen LogP contribution in [-0.4, -0.2) is 50.2 Å². The Labute approximate surface area is 184 Å². The van der Waals surface area contributed by atoms with E-state index in [1.54, 1.807) is 10.6 Å². The van der Waals surface area contributed by atoms with Crippen molar-refractivity contribution >= 4 is 16.7 Å². The van der Waals surface area contributed by atoms with E-state index in [9.17, 15) is 14.4 Å². The summed E-state index contributed by atoms with van der Waals surface area (Å²) >= 11 is 0. The minimum atomic E-state index is -0.322. The molecule has 2 aromatic heterocycles. The molecule has 0 unspecified atom stereocenters. The van der Waals surface area contributed by atoms with Crippen LogP contribution in [-0.2, 0) is 13.0 Å². The minimum Gasteiger partial charge on any atom is -0.411 e. The van der Waals surface area contributed by atoms with Crippen molar-refractivity contribution in [2.75, 3.05) is 19.6 Å². The summed E-state index contributed by atoms with van der Waals surface area (Å²) < 4.78 is 20.4. The summed E-state index contributed by atoms with van der Waals surface area (Å²) in [6.45, 7) is 5.05. The number of hydrogen-bond acceptors (Lipinski definition) is 7. The zero-order chi connectivity index (χ0) is 22.2. The molecule has 0 aliphatic carbocycles. The first kappa shape index (κ1) is 20.8. The number of oxime groups is 1. The Kier molecular flexibility index (Phi) is 5.50. The van der Waals surface area contributed by atoms with E-state index in [4.69, 9.17) is 4.52 Å². The van der Waals surface area contributed by atoms with E-state index in [0.29, 0.717) is 42.2 Å². The molecule has 2 aliphatic heterocycles. The Morgan fingerprint density at radius 2 is 2.09 bits per heavy atom. The molecule has 168 valence electrons.